The van der Waals surface area contributed by atoms with Crippen molar-refractivity contribution in [2.45, 2.75) is 45.4 Å². The van der Waals surface area contributed by atoms with E-state index in [0.717, 1.165) is 0 Å². The number of benzene rings is 1. The van der Waals surface area contributed by atoms with Gasteiger partial charge in [-0.25, -0.2) is 0 Å². The Labute approximate surface area is 178 Å². The fraction of sp³-hybridized carbons (Fsp3) is 0.632. The summed E-state index contributed by atoms with van der Waals surface area (Å²) >= 11 is 0. The van der Waals surface area contributed by atoms with Crippen molar-refractivity contribution in [2.24, 2.45) is 0 Å². The zero-order chi connectivity index (χ0) is 22.8. The molecule has 0 fully saturated rings. The molecule has 1 aromatic rings. The maximum absolute atomic E-state index is 13.7. The molecule has 30 heavy (non-hydrogen) atoms. The highest BCUT2D eigenvalue weighted by molar-refractivity contribution is 7.72. The van der Waals surface area contributed by atoms with Gasteiger partial charge in [-0.1, -0.05) is 18.2 Å². The predicted octanol–water partition coefficient (Wildman–Crippen LogP) is 4.90. The Morgan fingerprint density at radius 1 is 0.900 bits per heavy atom. The Hall–Kier alpha value is -1.21. The Morgan fingerprint density at radius 3 is 1.70 bits per heavy atom. The summed E-state index contributed by atoms with van der Waals surface area (Å²) in [5.41, 5.74) is 0.230. The Bertz CT molecular complexity index is 718. The molecule has 0 spiro atoms. The lowest BCUT2D eigenvalue weighted by molar-refractivity contribution is -0.142. The standard InChI is InChI=1S/C19H32O9P2/c1-6-25-29(22,26-7-2)18(30(23,27-8-3)28-9-4)14-16(19(21)24-5)15-12-10-11-13-17(15)20/h10-13,16,18,20H,6-9,14H2,1-5H3. The van der Waals surface area contributed by atoms with Crippen molar-refractivity contribution in [3.63, 3.8) is 0 Å². The fourth-order valence-electron chi connectivity index (χ4n) is 3.06. The number of rotatable bonds is 14. The van der Waals surface area contributed by atoms with Gasteiger partial charge in [0.2, 0.25) is 0 Å². The Morgan fingerprint density at radius 2 is 1.33 bits per heavy atom. The van der Waals surface area contributed by atoms with E-state index >= 15 is 0 Å². The molecule has 0 aromatic heterocycles. The summed E-state index contributed by atoms with van der Waals surface area (Å²) in [7, 11) is -6.91. The first kappa shape index (κ1) is 26.8. The fourth-order valence-corrected chi connectivity index (χ4v) is 8.46. The van der Waals surface area contributed by atoms with E-state index in [0.29, 0.717) is 0 Å². The van der Waals surface area contributed by atoms with Gasteiger partial charge in [0, 0.05) is 5.56 Å². The molecule has 0 amide bonds. The summed E-state index contributed by atoms with van der Waals surface area (Å²) in [6, 6.07) is 6.18. The number of phenolic OH excluding ortho intramolecular Hbond substituents is 1. The molecular weight excluding hydrogens is 434 g/mol. The van der Waals surface area contributed by atoms with Crippen molar-refractivity contribution in [3.05, 3.63) is 29.8 Å². The number of phenols is 1. The van der Waals surface area contributed by atoms with Crippen LogP contribution >= 0.6 is 15.2 Å². The number of hydrogen-bond acceptors (Lipinski definition) is 9. The highest BCUT2D eigenvalue weighted by Gasteiger charge is 2.52. The van der Waals surface area contributed by atoms with Crippen LogP contribution in [0.1, 0.15) is 45.6 Å². The van der Waals surface area contributed by atoms with E-state index in [1.165, 1.54) is 19.2 Å². The van der Waals surface area contributed by atoms with Crippen molar-refractivity contribution in [1.29, 1.82) is 0 Å². The minimum atomic E-state index is -4.05. The Balaban J connectivity index is 3.61. The van der Waals surface area contributed by atoms with Gasteiger partial charge in [0.15, 0.2) is 5.40 Å². The normalized spacial score (nSPS) is 13.4. The van der Waals surface area contributed by atoms with Crippen LogP contribution in [0.25, 0.3) is 0 Å². The smallest absolute Gasteiger partial charge is 0.345 e. The van der Waals surface area contributed by atoms with E-state index in [1.54, 1.807) is 39.8 Å². The van der Waals surface area contributed by atoms with E-state index in [4.69, 9.17) is 22.8 Å². The van der Waals surface area contributed by atoms with Crippen LogP contribution in [0, 0.1) is 0 Å². The molecule has 1 rings (SSSR count). The van der Waals surface area contributed by atoms with Crippen LogP contribution in [-0.2, 0) is 36.8 Å². The summed E-state index contributed by atoms with van der Waals surface area (Å²) in [5, 5.41) is 8.88. The molecule has 0 radical (unpaired) electrons. The van der Waals surface area contributed by atoms with Gasteiger partial charge in [-0.05, 0) is 40.2 Å². The second-order valence-electron chi connectivity index (χ2n) is 6.10. The first-order chi connectivity index (χ1) is 14.2. The van der Waals surface area contributed by atoms with Crippen LogP contribution in [-0.4, -0.2) is 50.0 Å². The molecule has 0 aliphatic heterocycles. The lowest BCUT2D eigenvalue weighted by atomic mass is 9.95. The third kappa shape index (κ3) is 6.64. The zero-order valence-corrected chi connectivity index (χ0v) is 19.9. The number of aromatic hydroxyl groups is 1. The molecule has 172 valence electrons. The molecule has 11 heteroatoms. The summed E-state index contributed by atoms with van der Waals surface area (Å²) in [5.74, 6) is -1.97. The van der Waals surface area contributed by atoms with Gasteiger partial charge in [0.25, 0.3) is 0 Å². The number of ether oxygens (including phenoxy) is 1. The molecule has 0 aliphatic carbocycles. The number of esters is 1. The number of carbonyl (C=O) groups excluding carboxylic acids is 1. The average molecular weight is 466 g/mol. The molecule has 0 bridgehead atoms. The number of para-hydroxylation sites is 1. The second kappa shape index (κ2) is 12.6. The summed E-state index contributed by atoms with van der Waals surface area (Å²) in [6.45, 7) is 6.56. The maximum Gasteiger partial charge on any atom is 0.345 e. The van der Waals surface area contributed by atoms with E-state index < -0.39 is 32.5 Å². The van der Waals surface area contributed by atoms with Crippen LogP contribution in [0.15, 0.2) is 24.3 Å². The van der Waals surface area contributed by atoms with E-state index in [9.17, 15) is 19.0 Å². The van der Waals surface area contributed by atoms with Crippen molar-refractivity contribution in [1.82, 2.24) is 0 Å². The molecular formula is C19H32O9P2. The topological polar surface area (TPSA) is 118 Å². The molecule has 0 heterocycles. The van der Waals surface area contributed by atoms with Crippen LogP contribution in [0.4, 0.5) is 0 Å². The molecule has 0 aliphatic rings. The van der Waals surface area contributed by atoms with E-state index in [-0.39, 0.29) is 44.2 Å². The minimum absolute atomic E-state index is 0.0194. The van der Waals surface area contributed by atoms with Crippen molar-refractivity contribution < 1.29 is 41.9 Å². The summed E-state index contributed by atoms with van der Waals surface area (Å²) < 4.78 is 54.0. The second-order valence-corrected chi connectivity index (χ2v) is 10.9. The first-order valence-corrected chi connectivity index (χ1v) is 13.1. The quantitative estimate of drug-likeness (QED) is 0.302. The molecule has 9 nitrogen and oxygen atoms in total. The first-order valence-electron chi connectivity index (χ1n) is 9.86. The van der Waals surface area contributed by atoms with Crippen LogP contribution < -0.4 is 0 Å². The number of methoxy groups -OCH3 is 1. The zero-order valence-electron chi connectivity index (χ0n) is 18.1. The summed E-state index contributed by atoms with van der Waals surface area (Å²) in [4.78, 5) is 12.6. The van der Waals surface area contributed by atoms with Crippen LogP contribution in [0.5, 0.6) is 5.75 Å². The van der Waals surface area contributed by atoms with Gasteiger partial charge in [-0.3, -0.25) is 13.9 Å². The van der Waals surface area contributed by atoms with E-state index in [2.05, 4.69) is 0 Å². The maximum atomic E-state index is 13.7. The number of carbonyl (C=O) groups is 1. The predicted molar refractivity (Wildman–Crippen MR) is 113 cm³/mol. The van der Waals surface area contributed by atoms with Gasteiger partial charge in [0.05, 0.1) is 39.5 Å². The third-order valence-electron chi connectivity index (χ3n) is 4.21. The molecule has 1 N–H and O–H groups in total. The third-order valence-corrected chi connectivity index (χ3v) is 10.3. The van der Waals surface area contributed by atoms with Crippen molar-refractivity contribution in [3.8, 4) is 5.75 Å². The number of hydrogen-bond donors (Lipinski definition) is 1. The largest absolute Gasteiger partial charge is 0.508 e. The monoisotopic (exact) mass is 466 g/mol. The Kier molecular flexibility index (Phi) is 11.3. The van der Waals surface area contributed by atoms with Gasteiger partial charge in [0.1, 0.15) is 5.75 Å². The van der Waals surface area contributed by atoms with Gasteiger partial charge < -0.3 is 27.9 Å². The summed E-state index contributed by atoms with van der Waals surface area (Å²) in [6.07, 6.45) is -0.307. The van der Waals surface area contributed by atoms with E-state index in [1.807, 2.05) is 0 Å². The highest BCUT2D eigenvalue weighted by atomic mass is 31.2. The van der Waals surface area contributed by atoms with Gasteiger partial charge >= 0.3 is 21.2 Å². The molecule has 1 unspecified atom stereocenters. The lowest BCUT2D eigenvalue weighted by Crippen LogP contribution is -2.24. The van der Waals surface area contributed by atoms with Gasteiger partial charge in [-0.2, -0.15) is 0 Å². The minimum Gasteiger partial charge on any atom is -0.508 e. The highest BCUT2D eigenvalue weighted by Crippen LogP contribution is 2.72. The molecule has 1 atom stereocenters. The van der Waals surface area contributed by atoms with Crippen molar-refractivity contribution in [2.75, 3.05) is 33.5 Å². The van der Waals surface area contributed by atoms with Crippen LogP contribution in [0.2, 0.25) is 0 Å². The average Bonchev–Trinajstić information content (AvgIpc) is 2.69. The molecule has 0 saturated carbocycles. The van der Waals surface area contributed by atoms with Crippen molar-refractivity contribution >= 4 is 21.2 Å². The molecule has 0 saturated heterocycles. The van der Waals surface area contributed by atoms with Gasteiger partial charge in [-0.15, -0.1) is 0 Å². The molecule has 1 aromatic carbocycles. The SMILES string of the molecule is CCOP(=O)(OCC)C(CC(C(=O)OC)c1ccccc1O)P(=O)(OCC)OCC. The lowest BCUT2D eigenvalue weighted by Gasteiger charge is -2.33. The van der Waals surface area contributed by atoms with Crippen LogP contribution in [0.3, 0.4) is 0 Å².